The maximum Gasteiger partial charge on any atom is 0.330 e. The van der Waals surface area contributed by atoms with Gasteiger partial charge < -0.3 is 5.32 Å². The number of urea groups is 1. The fourth-order valence-corrected chi connectivity index (χ4v) is 5.00. The quantitative estimate of drug-likeness (QED) is 0.753. The molecule has 2 amide bonds. The molecule has 0 spiro atoms. The Balaban J connectivity index is 1.61. The number of hydrogen-bond acceptors (Lipinski definition) is 3. The van der Waals surface area contributed by atoms with E-state index in [4.69, 9.17) is 5.26 Å². The van der Waals surface area contributed by atoms with Crippen LogP contribution in [0.1, 0.15) is 35.1 Å². The number of halogens is 2. The Morgan fingerprint density at radius 3 is 2.36 bits per heavy atom. The number of rotatable bonds is 3. The van der Waals surface area contributed by atoms with Crippen molar-refractivity contribution in [2.45, 2.75) is 43.4 Å². The van der Waals surface area contributed by atoms with E-state index in [-0.39, 0.29) is 4.90 Å². The minimum absolute atomic E-state index is 0.0402. The summed E-state index contributed by atoms with van der Waals surface area (Å²) in [6, 6.07) is 4.67. The molecule has 1 unspecified atom stereocenters. The monoisotopic (exact) mass is 400 g/mol. The van der Waals surface area contributed by atoms with Gasteiger partial charge in [0.2, 0.25) is 6.19 Å². The number of nitrogens with zero attached hydrogens (tertiary/aromatic N) is 2. The highest BCUT2D eigenvalue weighted by Crippen LogP contribution is 2.38. The molecule has 4 rings (SSSR count). The minimum Gasteiger partial charge on any atom is -0.307 e. The molecule has 8 heteroatoms. The van der Waals surface area contributed by atoms with E-state index in [0.29, 0.717) is 6.07 Å². The molecule has 144 valence electrons. The predicted molar refractivity (Wildman–Crippen MR) is 103 cm³/mol. The zero-order valence-electron chi connectivity index (χ0n) is 15.0. The molecular weight excluding hydrogens is 382 g/mol. The molecule has 0 saturated carbocycles. The van der Waals surface area contributed by atoms with E-state index in [1.807, 2.05) is 0 Å². The van der Waals surface area contributed by atoms with Gasteiger partial charge in [0.25, 0.3) is 0 Å². The van der Waals surface area contributed by atoms with Gasteiger partial charge in [-0.05, 0) is 72.9 Å². The van der Waals surface area contributed by atoms with Gasteiger partial charge in [0.1, 0.15) is 11.6 Å². The van der Waals surface area contributed by atoms with E-state index in [1.54, 1.807) is 6.19 Å². The Morgan fingerprint density at radius 1 is 1.07 bits per heavy atom. The fraction of sp³-hybridized carbons (Fsp3) is 0.300. The number of anilines is 1. The molecule has 0 radical (unpaired) electrons. The zero-order valence-corrected chi connectivity index (χ0v) is 15.8. The highest BCUT2D eigenvalue weighted by atomic mass is 32.2. The first-order valence-electron chi connectivity index (χ1n) is 9.10. The summed E-state index contributed by atoms with van der Waals surface area (Å²) in [5.41, 5.74) is 5.74. The van der Waals surface area contributed by atoms with Gasteiger partial charge in [0, 0.05) is 22.6 Å². The van der Waals surface area contributed by atoms with Gasteiger partial charge in [0.15, 0.2) is 0 Å². The summed E-state index contributed by atoms with van der Waals surface area (Å²) in [7, 11) is -1.55. The normalized spacial score (nSPS) is 15.6. The van der Waals surface area contributed by atoms with Crippen molar-refractivity contribution in [2.75, 3.05) is 5.32 Å². The van der Waals surface area contributed by atoms with Crippen LogP contribution in [0.5, 0.6) is 0 Å². The zero-order chi connectivity index (χ0) is 19.7. The maximum atomic E-state index is 14.1. The Kier molecular flexibility index (Phi) is 5.09. The average Bonchev–Trinajstić information content (AvgIpc) is 3.30. The van der Waals surface area contributed by atoms with E-state index in [1.165, 1.54) is 28.3 Å². The summed E-state index contributed by atoms with van der Waals surface area (Å²) in [6.45, 7) is 0. The molecular formula is C20H18F2N4OS. The third kappa shape index (κ3) is 3.50. The lowest BCUT2D eigenvalue weighted by atomic mass is 9.99. The van der Waals surface area contributed by atoms with Crippen LogP contribution in [-0.2, 0) is 36.6 Å². The molecule has 2 aliphatic rings. The van der Waals surface area contributed by atoms with Crippen molar-refractivity contribution in [2.24, 2.45) is 4.36 Å². The summed E-state index contributed by atoms with van der Waals surface area (Å²) in [5.74, 6) is -1.59. The van der Waals surface area contributed by atoms with Gasteiger partial charge in [-0.1, -0.05) is 6.07 Å². The standard InChI is InChI=1S/C20H18F2N4OS/c21-14-7-8-18(17(22)10-14)28(24-11-23)26-20(27)25-19-15-5-1-3-12(15)9-13-4-2-6-16(13)19/h7-10H,1-6H2,(H2,24,25,26,27). The van der Waals surface area contributed by atoms with Gasteiger partial charge in [-0.25, -0.2) is 13.6 Å². The summed E-state index contributed by atoms with van der Waals surface area (Å²) in [4.78, 5) is 12.6. The van der Waals surface area contributed by atoms with Crippen molar-refractivity contribution in [3.8, 4) is 6.19 Å². The molecule has 0 aliphatic heterocycles. The Morgan fingerprint density at radius 2 is 1.75 bits per heavy atom. The van der Waals surface area contributed by atoms with E-state index in [9.17, 15) is 13.6 Å². The molecule has 0 saturated heterocycles. The Bertz CT molecular complexity index is 1010. The second-order valence-electron chi connectivity index (χ2n) is 6.84. The van der Waals surface area contributed by atoms with Crippen LogP contribution < -0.4 is 10.0 Å². The van der Waals surface area contributed by atoms with Crippen molar-refractivity contribution in [3.05, 3.63) is 58.2 Å². The molecule has 1 atom stereocenters. The summed E-state index contributed by atoms with van der Waals surface area (Å²) in [5, 5.41) is 11.8. The first-order chi connectivity index (χ1) is 13.6. The van der Waals surface area contributed by atoms with Gasteiger partial charge in [-0.2, -0.15) is 5.26 Å². The number of hydrogen-bond donors (Lipinski definition) is 2. The lowest BCUT2D eigenvalue weighted by Crippen LogP contribution is -2.31. The second-order valence-corrected chi connectivity index (χ2v) is 8.24. The number of nitriles is 1. The highest BCUT2D eigenvalue weighted by molar-refractivity contribution is 7.86. The van der Waals surface area contributed by atoms with Crippen LogP contribution >= 0.6 is 0 Å². The summed E-state index contributed by atoms with van der Waals surface area (Å²) >= 11 is 0. The number of nitrogens with one attached hydrogen (secondary N) is 2. The lowest BCUT2D eigenvalue weighted by Gasteiger charge is -2.17. The molecule has 0 heterocycles. The molecule has 5 nitrogen and oxygen atoms in total. The van der Waals surface area contributed by atoms with Crippen LogP contribution in [0, 0.1) is 23.1 Å². The highest BCUT2D eigenvalue weighted by Gasteiger charge is 2.25. The largest absolute Gasteiger partial charge is 0.330 e. The molecule has 2 aromatic carbocycles. The van der Waals surface area contributed by atoms with Crippen molar-refractivity contribution in [1.29, 1.82) is 5.26 Å². The van der Waals surface area contributed by atoms with Gasteiger partial charge in [-0.3, -0.25) is 4.72 Å². The first-order valence-corrected chi connectivity index (χ1v) is 10.3. The molecule has 2 aliphatic carbocycles. The van der Waals surface area contributed by atoms with Crippen molar-refractivity contribution in [1.82, 2.24) is 4.72 Å². The molecule has 2 aromatic rings. The van der Waals surface area contributed by atoms with Gasteiger partial charge in [-0.15, -0.1) is 4.36 Å². The van der Waals surface area contributed by atoms with Crippen LogP contribution in [0.2, 0.25) is 0 Å². The van der Waals surface area contributed by atoms with Crippen molar-refractivity contribution in [3.63, 3.8) is 0 Å². The fourth-order valence-electron chi connectivity index (χ4n) is 3.99. The molecule has 0 bridgehead atoms. The predicted octanol–water partition coefficient (Wildman–Crippen LogP) is 4.32. The summed E-state index contributed by atoms with van der Waals surface area (Å²) < 4.78 is 33.4. The number of carbonyl (C=O) groups excluding carboxylic acids is 1. The Labute approximate surface area is 164 Å². The number of aryl methyl sites for hydroxylation is 2. The number of fused-ring (bicyclic) bond motifs is 2. The van der Waals surface area contributed by atoms with Crippen LogP contribution in [0.3, 0.4) is 0 Å². The lowest BCUT2D eigenvalue weighted by molar-refractivity contribution is 0.257. The van der Waals surface area contributed by atoms with Crippen LogP contribution in [0.4, 0.5) is 19.3 Å². The smallest absolute Gasteiger partial charge is 0.307 e. The van der Waals surface area contributed by atoms with E-state index in [2.05, 4.69) is 20.5 Å². The van der Waals surface area contributed by atoms with E-state index < -0.39 is 28.5 Å². The second kappa shape index (κ2) is 7.68. The van der Waals surface area contributed by atoms with E-state index in [0.717, 1.165) is 50.3 Å². The number of carbonyl (C=O) groups is 1. The molecule has 0 aromatic heterocycles. The average molecular weight is 400 g/mol. The molecule has 28 heavy (non-hydrogen) atoms. The molecule has 0 fully saturated rings. The van der Waals surface area contributed by atoms with Gasteiger partial charge >= 0.3 is 6.03 Å². The summed E-state index contributed by atoms with van der Waals surface area (Å²) in [6.07, 6.45) is 7.56. The first kappa shape index (κ1) is 18.6. The minimum atomic E-state index is -1.55. The third-order valence-electron chi connectivity index (χ3n) is 5.14. The SMILES string of the molecule is N#CN=S(NC(=O)Nc1c2c(cc3c1CCC3)CCC2)c1ccc(F)cc1F. The van der Waals surface area contributed by atoms with E-state index >= 15 is 0 Å². The maximum absolute atomic E-state index is 14.1. The van der Waals surface area contributed by atoms with Crippen LogP contribution in [-0.4, -0.2) is 6.03 Å². The third-order valence-corrected chi connectivity index (χ3v) is 6.53. The number of amides is 2. The topological polar surface area (TPSA) is 77.3 Å². The molecule has 2 N–H and O–H groups in total. The van der Waals surface area contributed by atoms with Crippen molar-refractivity contribution >= 4 is 22.6 Å². The van der Waals surface area contributed by atoms with Gasteiger partial charge in [0.05, 0.1) is 4.90 Å². The Hall–Kier alpha value is -2.79. The van der Waals surface area contributed by atoms with Crippen LogP contribution in [0.25, 0.3) is 0 Å². The van der Waals surface area contributed by atoms with Crippen LogP contribution in [0.15, 0.2) is 33.5 Å². The van der Waals surface area contributed by atoms with Crippen molar-refractivity contribution < 1.29 is 13.6 Å². The number of benzene rings is 2.